The third-order valence-corrected chi connectivity index (χ3v) is 3.12. The molecule has 2 rings (SSSR count). The van der Waals surface area contributed by atoms with Crippen LogP contribution in [0.1, 0.15) is 27.2 Å². The molecule has 0 saturated carbocycles. The molecule has 2 aliphatic rings. The smallest absolute Gasteiger partial charge is 0.410 e. The molecule has 2 atom stereocenters. The number of nitrogens with one attached hydrogen (secondary N) is 1. The summed E-state index contributed by atoms with van der Waals surface area (Å²) in [4.78, 5) is 13.9. The maximum Gasteiger partial charge on any atom is 0.410 e. The topological polar surface area (TPSA) is 50.8 Å². The van der Waals surface area contributed by atoms with Gasteiger partial charge in [-0.1, -0.05) is 0 Å². The van der Waals surface area contributed by atoms with Crippen molar-refractivity contribution in [3.8, 4) is 0 Å². The van der Waals surface area contributed by atoms with Crippen LogP contribution in [-0.4, -0.2) is 55.0 Å². The fourth-order valence-electron chi connectivity index (χ4n) is 2.14. The molecule has 0 aromatic carbocycles. The third kappa shape index (κ3) is 3.10. The van der Waals surface area contributed by atoms with Crippen molar-refractivity contribution in [1.82, 2.24) is 10.2 Å². The average Bonchev–Trinajstić information content (AvgIpc) is 2.13. The minimum Gasteiger partial charge on any atom is -0.444 e. The summed E-state index contributed by atoms with van der Waals surface area (Å²) in [6.45, 7) is 8.53. The van der Waals surface area contributed by atoms with Crippen LogP contribution in [0.25, 0.3) is 0 Å². The molecule has 0 aliphatic carbocycles. The average molecular weight is 242 g/mol. The molecule has 0 aromatic heterocycles. The summed E-state index contributed by atoms with van der Waals surface area (Å²) >= 11 is 0. The van der Waals surface area contributed by atoms with Crippen LogP contribution < -0.4 is 5.32 Å². The summed E-state index contributed by atoms with van der Waals surface area (Å²) in [6.07, 6.45) is 0.882. The minimum atomic E-state index is -0.438. The number of carbonyl (C=O) groups excluding carboxylic acids is 1. The van der Waals surface area contributed by atoms with Gasteiger partial charge in [0.05, 0.1) is 19.3 Å². The Bertz CT molecular complexity index is 284. The number of nitrogens with zero attached hydrogens (tertiary/aromatic N) is 1. The third-order valence-electron chi connectivity index (χ3n) is 3.12. The van der Waals surface area contributed by atoms with Gasteiger partial charge in [-0.3, -0.25) is 4.90 Å². The van der Waals surface area contributed by atoms with Crippen LogP contribution in [0.3, 0.4) is 0 Å². The van der Waals surface area contributed by atoms with Crippen LogP contribution >= 0.6 is 0 Å². The Morgan fingerprint density at radius 3 is 2.71 bits per heavy atom. The van der Waals surface area contributed by atoms with Crippen LogP contribution in [0, 0.1) is 0 Å². The van der Waals surface area contributed by atoms with Gasteiger partial charge in [0.2, 0.25) is 0 Å². The summed E-state index contributed by atoms with van der Waals surface area (Å²) in [5.41, 5.74) is -0.438. The lowest BCUT2D eigenvalue weighted by molar-refractivity contribution is -0.0468. The Morgan fingerprint density at radius 1 is 1.47 bits per heavy atom. The molecule has 1 amide bonds. The quantitative estimate of drug-likeness (QED) is 0.745. The lowest BCUT2D eigenvalue weighted by Gasteiger charge is -2.44. The maximum absolute atomic E-state index is 12.1. The number of hydrogen-bond donors (Lipinski definition) is 1. The molecule has 0 spiro atoms. The Morgan fingerprint density at radius 2 is 2.18 bits per heavy atom. The number of amides is 1. The zero-order chi connectivity index (χ0) is 12.5. The number of hydrogen-bond acceptors (Lipinski definition) is 4. The lowest BCUT2D eigenvalue weighted by atomic mass is 9.97. The van der Waals surface area contributed by atoms with Crippen LogP contribution in [0.5, 0.6) is 0 Å². The fraction of sp³-hybridized carbons (Fsp3) is 0.917. The Kier molecular flexibility index (Phi) is 3.58. The fourth-order valence-corrected chi connectivity index (χ4v) is 2.14. The van der Waals surface area contributed by atoms with E-state index < -0.39 is 5.60 Å². The van der Waals surface area contributed by atoms with Gasteiger partial charge in [0, 0.05) is 12.6 Å². The van der Waals surface area contributed by atoms with Gasteiger partial charge in [-0.25, -0.2) is 4.79 Å². The first-order valence-electron chi connectivity index (χ1n) is 6.28. The van der Waals surface area contributed by atoms with Crippen molar-refractivity contribution < 1.29 is 14.3 Å². The minimum absolute atomic E-state index is 0.118. The van der Waals surface area contributed by atoms with Gasteiger partial charge in [-0.05, 0) is 33.7 Å². The summed E-state index contributed by atoms with van der Waals surface area (Å²) in [7, 11) is 0. The van der Waals surface area contributed by atoms with Gasteiger partial charge in [0.15, 0.2) is 0 Å². The molecule has 2 aliphatic heterocycles. The first-order chi connectivity index (χ1) is 7.97. The highest BCUT2D eigenvalue weighted by Gasteiger charge is 2.38. The molecule has 0 bridgehead atoms. The second-order valence-corrected chi connectivity index (χ2v) is 5.67. The molecule has 2 heterocycles. The van der Waals surface area contributed by atoms with Crippen LogP contribution in [0.4, 0.5) is 4.79 Å². The summed E-state index contributed by atoms with van der Waals surface area (Å²) in [5.74, 6) is 0. The van der Waals surface area contributed by atoms with Crippen LogP contribution in [0.2, 0.25) is 0 Å². The van der Waals surface area contributed by atoms with E-state index in [-0.39, 0.29) is 12.1 Å². The maximum atomic E-state index is 12.1. The molecule has 2 unspecified atom stereocenters. The van der Waals surface area contributed by atoms with Gasteiger partial charge in [0.25, 0.3) is 0 Å². The molecule has 2 fully saturated rings. The number of morpholine rings is 1. The van der Waals surface area contributed by atoms with E-state index in [2.05, 4.69) is 5.32 Å². The van der Waals surface area contributed by atoms with Crippen molar-refractivity contribution in [1.29, 1.82) is 0 Å². The summed E-state index contributed by atoms with van der Waals surface area (Å²) in [5, 5.41) is 3.33. The van der Waals surface area contributed by atoms with Crippen molar-refractivity contribution in [2.45, 2.75) is 44.9 Å². The van der Waals surface area contributed by atoms with E-state index in [1.807, 2.05) is 25.7 Å². The second-order valence-electron chi connectivity index (χ2n) is 5.67. The predicted octanol–water partition coefficient (Wildman–Crippen LogP) is 0.984. The summed E-state index contributed by atoms with van der Waals surface area (Å²) in [6, 6.07) is 0.482. The first-order valence-corrected chi connectivity index (χ1v) is 6.28. The molecular formula is C12H22N2O3. The van der Waals surface area contributed by atoms with Gasteiger partial charge in [0.1, 0.15) is 5.60 Å². The van der Waals surface area contributed by atoms with E-state index in [0.29, 0.717) is 25.8 Å². The first kappa shape index (κ1) is 12.6. The number of rotatable bonds is 1. The summed E-state index contributed by atoms with van der Waals surface area (Å²) < 4.78 is 10.9. The highest BCUT2D eigenvalue weighted by atomic mass is 16.6. The van der Waals surface area contributed by atoms with Crippen LogP contribution in [-0.2, 0) is 9.47 Å². The predicted molar refractivity (Wildman–Crippen MR) is 64.0 cm³/mol. The molecule has 98 valence electrons. The normalized spacial score (nSPS) is 29.7. The molecule has 5 heteroatoms. The zero-order valence-corrected chi connectivity index (χ0v) is 10.9. The van der Waals surface area contributed by atoms with E-state index in [4.69, 9.17) is 9.47 Å². The molecule has 2 saturated heterocycles. The largest absolute Gasteiger partial charge is 0.444 e. The Balaban J connectivity index is 1.97. The monoisotopic (exact) mass is 242 g/mol. The van der Waals surface area contributed by atoms with E-state index in [1.54, 1.807) is 0 Å². The standard InChI is InChI=1S/C12H22N2O3/c1-12(2,3)17-11(15)14-6-7-16-8-10(14)9-4-5-13-9/h9-10,13H,4-8H2,1-3H3. The molecule has 1 N–H and O–H groups in total. The molecule has 0 radical (unpaired) electrons. The van der Waals surface area contributed by atoms with Gasteiger partial charge >= 0.3 is 6.09 Å². The van der Waals surface area contributed by atoms with E-state index in [9.17, 15) is 4.79 Å². The van der Waals surface area contributed by atoms with Crippen molar-refractivity contribution in [2.24, 2.45) is 0 Å². The van der Waals surface area contributed by atoms with Gasteiger partial charge in [-0.2, -0.15) is 0 Å². The molecule has 5 nitrogen and oxygen atoms in total. The van der Waals surface area contributed by atoms with E-state index >= 15 is 0 Å². The highest BCUT2D eigenvalue weighted by molar-refractivity contribution is 5.68. The zero-order valence-electron chi connectivity index (χ0n) is 10.9. The van der Waals surface area contributed by atoms with E-state index in [1.165, 1.54) is 0 Å². The van der Waals surface area contributed by atoms with E-state index in [0.717, 1.165) is 13.0 Å². The SMILES string of the molecule is CC(C)(C)OC(=O)N1CCOCC1C1CCN1. The van der Waals surface area contributed by atoms with Crippen LogP contribution in [0.15, 0.2) is 0 Å². The van der Waals surface area contributed by atoms with Crippen molar-refractivity contribution in [3.63, 3.8) is 0 Å². The number of carbonyl (C=O) groups is 1. The number of ether oxygens (including phenoxy) is 2. The van der Waals surface area contributed by atoms with Crippen molar-refractivity contribution in [3.05, 3.63) is 0 Å². The lowest BCUT2D eigenvalue weighted by Crippen LogP contribution is -2.63. The second kappa shape index (κ2) is 4.82. The van der Waals surface area contributed by atoms with Crippen molar-refractivity contribution in [2.75, 3.05) is 26.3 Å². The molecule has 0 aromatic rings. The van der Waals surface area contributed by atoms with Crippen molar-refractivity contribution >= 4 is 6.09 Å². The highest BCUT2D eigenvalue weighted by Crippen LogP contribution is 2.20. The molecule has 17 heavy (non-hydrogen) atoms. The Hall–Kier alpha value is -0.810. The van der Waals surface area contributed by atoms with Gasteiger partial charge in [-0.15, -0.1) is 0 Å². The molecular weight excluding hydrogens is 220 g/mol. The Labute approximate surface area is 102 Å². The van der Waals surface area contributed by atoms with Gasteiger partial charge < -0.3 is 14.8 Å².